The van der Waals surface area contributed by atoms with Crippen LogP contribution in [-0.2, 0) is 7.05 Å². The standard InChI is InChI=1S/C19H22ClN3O2/c1-10(2)14-8-12(4)23-17(14)19(24)22(5)18(21-23)16-11(3)7-13(25-6)9-15(16)20/h7-10H,1-6H3. The second-order valence-corrected chi connectivity index (χ2v) is 7.05. The van der Waals surface area contributed by atoms with Gasteiger partial charge in [-0.3, -0.25) is 9.36 Å². The predicted octanol–water partition coefficient (Wildman–Crippen LogP) is 4.10. The van der Waals surface area contributed by atoms with Gasteiger partial charge >= 0.3 is 0 Å². The molecule has 1 aromatic carbocycles. The van der Waals surface area contributed by atoms with Gasteiger partial charge in [0, 0.05) is 18.3 Å². The lowest BCUT2D eigenvalue weighted by Crippen LogP contribution is -2.24. The Morgan fingerprint density at radius 2 is 1.88 bits per heavy atom. The molecular formula is C19H22ClN3O2. The Bertz CT molecular complexity index is 1010. The summed E-state index contributed by atoms with van der Waals surface area (Å²) < 4.78 is 8.56. The summed E-state index contributed by atoms with van der Waals surface area (Å²) in [5, 5.41) is 5.25. The van der Waals surface area contributed by atoms with Crippen molar-refractivity contribution in [3.05, 3.63) is 50.4 Å². The number of rotatable bonds is 3. The number of aryl methyl sites for hydroxylation is 2. The van der Waals surface area contributed by atoms with Crippen LogP contribution >= 0.6 is 11.6 Å². The topological polar surface area (TPSA) is 48.5 Å². The Kier molecular flexibility index (Phi) is 4.37. The number of halogens is 1. The predicted molar refractivity (Wildman–Crippen MR) is 101 cm³/mol. The molecule has 0 spiro atoms. The molecule has 0 fully saturated rings. The molecule has 6 heteroatoms. The maximum absolute atomic E-state index is 13.0. The third-order valence-corrected chi connectivity index (χ3v) is 4.84. The highest BCUT2D eigenvalue weighted by Gasteiger charge is 2.20. The molecule has 25 heavy (non-hydrogen) atoms. The van der Waals surface area contributed by atoms with Crippen molar-refractivity contribution >= 4 is 17.1 Å². The zero-order valence-corrected chi connectivity index (χ0v) is 16.1. The van der Waals surface area contributed by atoms with Gasteiger partial charge in [0.25, 0.3) is 5.56 Å². The quantitative estimate of drug-likeness (QED) is 0.707. The van der Waals surface area contributed by atoms with Gasteiger partial charge in [0.2, 0.25) is 0 Å². The molecule has 0 unspecified atom stereocenters. The molecule has 0 saturated carbocycles. The molecule has 0 radical (unpaired) electrons. The first-order valence-corrected chi connectivity index (χ1v) is 8.57. The Hall–Kier alpha value is -2.27. The minimum absolute atomic E-state index is 0.0758. The first kappa shape index (κ1) is 17.5. The largest absolute Gasteiger partial charge is 0.497 e. The van der Waals surface area contributed by atoms with Crippen molar-refractivity contribution in [1.29, 1.82) is 0 Å². The monoisotopic (exact) mass is 359 g/mol. The van der Waals surface area contributed by atoms with Crippen LogP contribution in [0.5, 0.6) is 5.75 Å². The molecule has 0 aliphatic heterocycles. The van der Waals surface area contributed by atoms with E-state index in [4.69, 9.17) is 21.4 Å². The van der Waals surface area contributed by atoms with Gasteiger partial charge in [-0.1, -0.05) is 25.4 Å². The van der Waals surface area contributed by atoms with Gasteiger partial charge in [-0.2, -0.15) is 0 Å². The Labute approximate surface area is 151 Å². The van der Waals surface area contributed by atoms with E-state index in [1.54, 1.807) is 29.3 Å². The van der Waals surface area contributed by atoms with E-state index in [0.717, 1.165) is 22.4 Å². The maximum Gasteiger partial charge on any atom is 0.278 e. The molecule has 0 saturated heterocycles. The minimum atomic E-state index is -0.0758. The molecule has 0 atom stereocenters. The molecule has 0 N–H and O–H groups in total. The van der Waals surface area contributed by atoms with Crippen LogP contribution in [0.25, 0.3) is 16.9 Å². The van der Waals surface area contributed by atoms with E-state index in [0.29, 0.717) is 22.1 Å². The lowest BCUT2D eigenvalue weighted by atomic mass is 10.1. The van der Waals surface area contributed by atoms with Crippen molar-refractivity contribution in [3.63, 3.8) is 0 Å². The Morgan fingerprint density at radius 1 is 1.20 bits per heavy atom. The van der Waals surface area contributed by atoms with Crippen LogP contribution in [0.3, 0.4) is 0 Å². The average molecular weight is 360 g/mol. The van der Waals surface area contributed by atoms with Gasteiger partial charge < -0.3 is 4.74 Å². The van der Waals surface area contributed by atoms with Gasteiger partial charge in [-0.05, 0) is 49.1 Å². The molecule has 3 aromatic rings. The van der Waals surface area contributed by atoms with Gasteiger partial charge in [0.1, 0.15) is 11.3 Å². The van der Waals surface area contributed by atoms with E-state index in [1.165, 1.54) is 0 Å². The van der Waals surface area contributed by atoms with E-state index < -0.39 is 0 Å². The first-order valence-electron chi connectivity index (χ1n) is 8.20. The SMILES string of the molecule is COc1cc(C)c(-c2nn3c(C)cc(C(C)C)c3c(=O)n2C)c(Cl)c1. The first-order chi connectivity index (χ1) is 11.8. The maximum atomic E-state index is 13.0. The van der Waals surface area contributed by atoms with Crippen molar-refractivity contribution in [2.24, 2.45) is 7.05 Å². The van der Waals surface area contributed by atoms with Crippen molar-refractivity contribution in [1.82, 2.24) is 14.2 Å². The van der Waals surface area contributed by atoms with Gasteiger partial charge in [0.15, 0.2) is 5.82 Å². The Morgan fingerprint density at radius 3 is 2.44 bits per heavy atom. The molecule has 3 rings (SSSR count). The molecule has 132 valence electrons. The smallest absolute Gasteiger partial charge is 0.278 e. The van der Waals surface area contributed by atoms with Crippen LogP contribution in [0.1, 0.15) is 36.6 Å². The third-order valence-electron chi connectivity index (χ3n) is 4.55. The molecule has 0 aliphatic carbocycles. The van der Waals surface area contributed by atoms with E-state index >= 15 is 0 Å². The van der Waals surface area contributed by atoms with Crippen LogP contribution in [0, 0.1) is 13.8 Å². The lowest BCUT2D eigenvalue weighted by molar-refractivity contribution is 0.414. The minimum Gasteiger partial charge on any atom is -0.497 e. The highest BCUT2D eigenvalue weighted by atomic mass is 35.5. The number of aromatic nitrogens is 3. The average Bonchev–Trinajstić information content (AvgIpc) is 2.88. The van der Waals surface area contributed by atoms with E-state index in [9.17, 15) is 4.79 Å². The molecule has 0 aliphatic rings. The summed E-state index contributed by atoms with van der Waals surface area (Å²) in [6.45, 7) is 8.04. The normalized spacial score (nSPS) is 11.5. The summed E-state index contributed by atoms with van der Waals surface area (Å²) in [6.07, 6.45) is 0. The number of hydrogen-bond acceptors (Lipinski definition) is 3. The van der Waals surface area contributed by atoms with Crippen molar-refractivity contribution in [3.8, 4) is 17.1 Å². The van der Waals surface area contributed by atoms with Crippen LogP contribution in [0.2, 0.25) is 5.02 Å². The summed E-state index contributed by atoms with van der Waals surface area (Å²) >= 11 is 6.47. The molecule has 5 nitrogen and oxygen atoms in total. The van der Waals surface area contributed by atoms with E-state index in [2.05, 4.69) is 13.8 Å². The molecule has 2 heterocycles. The van der Waals surface area contributed by atoms with Crippen LogP contribution < -0.4 is 10.3 Å². The highest BCUT2D eigenvalue weighted by molar-refractivity contribution is 6.33. The van der Waals surface area contributed by atoms with Gasteiger partial charge in [0.05, 0.1) is 12.1 Å². The highest BCUT2D eigenvalue weighted by Crippen LogP contribution is 2.33. The second-order valence-electron chi connectivity index (χ2n) is 6.65. The molecule has 0 amide bonds. The van der Waals surface area contributed by atoms with Crippen molar-refractivity contribution in [2.75, 3.05) is 7.11 Å². The van der Waals surface area contributed by atoms with E-state index in [-0.39, 0.29) is 11.5 Å². The number of methoxy groups -OCH3 is 1. The fraction of sp³-hybridized carbons (Fsp3) is 0.368. The zero-order valence-electron chi connectivity index (χ0n) is 15.3. The van der Waals surface area contributed by atoms with Crippen molar-refractivity contribution < 1.29 is 4.74 Å². The fourth-order valence-electron chi connectivity index (χ4n) is 3.18. The van der Waals surface area contributed by atoms with Crippen LogP contribution in [-0.4, -0.2) is 21.3 Å². The summed E-state index contributed by atoms with van der Waals surface area (Å²) in [4.78, 5) is 13.0. The number of benzene rings is 1. The second kappa shape index (κ2) is 6.23. The van der Waals surface area contributed by atoms with Crippen molar-refractivity contribution in [2.45, 2.75) is 33.6 Å². The van der Waals surface area contributed by atoms with Crippen LogP contribution in [0.15, 0.2) is 23.0 Å². The summed E-state index contributed by atoms with van der Waals surface area (Å²) in [5.74, 6) is 1.46. The third kappa shape index (κ3) is 2.72. The van der Waals surface area contributed by atoms with Crippen LogP contribution in [0.4, 0.5) is 0 Å². The number of nitrogens with zero attached hydrogens (tertiary/aromatic N) is 3. The number of ether oxygens (including phenoxy) is 1. The molecule has 0 bridgehead atoms. The molecular weight excluding hydrogens is 338 g/mol. The summed E-state index contributed by atoms with van der Waals surface area (Å²) in [7, 11) is 3.33. The van der Waals surface area contributed by atoms with Gasteiger partial charge in [-0.25, -0.2) is 4.52 Å². The fourth-order valence-corrected chi connectivity index (χ4v) is 3.53. The Balaban J connectivity index is 2.39. The zero-order chi connectivity index (χ0) is 18.5. The summed E-state index contributed by atoms with van der Waals surface area (Å²) in [5.41, 5.74) is 4.13. The van der Waals surface area contributed by atoms with Gasteiger partial charge in [-0.15, -0.1) is 5.10 Å². The number of hydrogen-bond donors (Lipinski definition) is 0. The summed E-state index contributed by atoms with van der Waals surface area (Å²) in [6, 6.07) is 5.66. The van der Waals surface area contributed by atoms with E-state index in [1.807, 2.05) is 26.0 Å². The lowest BCUT2D eigenvalue weighted by Gasteiger charge is -2.14. The molecule has 2 aromatic heterocycles. The number of fused-ring (bicyclic) bond motifs is 1.